The van der Waals surface area contributed by atoms with Crippen molar-refractivity contribution in [2.75, 3.05) is 6.26 Å². The summed E-state index contributed by atoms with van der Waals surface area (Å²) in [7, 11) is -1.10. The average Bonchev–Trinajstić information content (AvgIpc) is 2.46. The van der Waals surface area contributed by atoms with Crippen molar-refractivity contribution in [1.29, 1.82) is 0 Å². The maximum atomic E-state index is 13.4. The number of benzene rings is 2. The lowest BCUT2D eigenvalue weighted by Crippen LogP contribution is -2.06. The number of ketones is 1. The Hall–Kier alpha value is -0.850. The molecule has 0 aliphatic carbocycles. The number of carbonyl (C=O) groups excluding carboxylic acids is 1. The van der Waals surface area contributed by atoms with Gasteiger partial charge in [-0.1, -0.05) is 37.9 Å². The summed E-state index contributed by atoms with van der Waals surface area (Å²) in [5.41, 5.74) is 1.38. The molecular formula is C15H11Br2FO2S. The summed E-state index contributed by atoms with van der Waals surface area (Å²) < 4.78 is 24.5. The standard InChI is InChI=1S/C15H11Br2FO2S/c1-21(20)11-5-2-9(3-6-11)14(19)13-8-10(18)4-7-12(13)15(16)17/h2-8,15H,1H3. The Labute approximate surface area is 141 Å². The molecule has 21 heavy (non-hydrogen) atoms. The van der Waals surface area contributed by atoms with Crippen molar-refractivity contribution in [3.63, 3.8) is 0 Å². The molecule has 0 saturated carbocycles. The molecule has 1 unspecified atom stereocenters. The molecule has 0 aliphatic rings. The van der Waals surface area contributed by atoms with Gasteiger partial charge in [0, 0.05) is 33.1 Å². The first-order chi connectivity index (χ1) is 9.90. The smallest absolute Gasteiger partial charge is 0.193 e. The Balaban J connectivity index is 2.44. The predicted octanol–water partition coefficient (Wildman–Crippen LogP) is 4.58. The van der Waals surface area contributed by atoms with Gasteiger partial charge in [0.05, 0.1) is 3.74 Å². The summed E-state index contributed by atoms with van der Waals surface area (Å²) in [6.45, 7) is 0. The van der Waals surface area contributed by atoms with E-state index >= 15 is 0 Å². The minimum Gasteiger partial charge on any atom is -0.289 e. The zero-order valence-corrected chi connectivity index (χ0v) is 15.0. The lowest BCUT2D eigenvalue weighted by Gasteiger charge is -2.10. The maximum Gasteiger partial charge on any atom is 0.193 e. The molecule has 1 atom stereocenters. The van der Waals surface area contributed by atoms with Gasteiger partial charge in [-0.05, 0) is 42.0 Å². The van der Waals surface area contributed by atoms with E-state index in [4.69, 9.17) is 0 Å². The summed E-state index contributed by atoms with van der Waals surface area (Å²) >= 11 is 6.66. The second-order valence-corrected chi connectivity index (χ2v) is 8.78. The van der Waals surface area contributed by atoms with E-state index in [1.165, 1.54) is 12.1 Å². The van der Waals surface area contributed by atoms with Gasteiger partial charge in [0.1, 0.15) is 5.82 Å². The lowest BCUT2D eigenvalue weighted by molar-refractivity contribution is 0.103. The van der Waals surface area contributed by atoms with Crippen molar-refractivity contribution in [2.24, 2.45) is 0 Å². The van der Waals surface area contributed by atoms with Crippen molar-refractivity contribution >= 4 is 48.4 Å². The normalized spacial score (nSPS) is 12.4. The van der Waals surface area contributed by atoms with Gasteiger partial charge in [-0.15, -0.1) is 0 Å². The van der Waals surface area contributed by atoms with Crippen LogP contribution in [-0.4, -0.2) is 16.2 Å². The molecule has 0 aliphatic heterocycles. The van der Waals surface area contributed by atoms with E-state index in [-0.39, 0.29) is 9.52 Å². The zero-order valence-electron chi connectivity index (χ0n) is 11.0. The monoisotopic (exact) mass is 432 g/mol. The van der Waals surface area contributed by atoms with Crippen LogP contribution < -0.4 is 0 Å². The Kier molecular flexibility index (Phi) is 5.46. The summed E-state index contributed by atoms with van der Waals surface area (Å²) in [5.74, 6) is -0.740. The van der Waals surface area contributed by atoms with E-state index in [1.54, 1.807) is 36.6 Å². The predicted molar refractivity (Wildman–Crippen MR) is 89.2 cm³/mol. The fourth-order valence-corrected chi connectivity index (χ4v) is 3.19. The molecule has 0 saturated heterocycles. The molecule has 0 spiro atoms. The van der Waals surface area contributed by atoms with Gasteiger partial charge >= 0.3 is 0 Å². The van der Waals surface area contributed by atoms with Crippen LogP contribution in [0.25, 0.3) is 0 Å². The number of carbonyl (C=O) groups is 1. The number of hydrogen-bond acceptors (Lipinski definition) is 2. The highest BCUT2D eigenvalue weighted by Crippen LogP contribution is 2.33. The highest BCUT2D eigenvalue weighted by Gasteiger charge is 2.18. The minimum atomic E-state index is -1.10. The first-order valence-electron chi connectivity index (χ1n) is 5.96. The molecule has 0 aromatic heterocycles. The molecule has 0 N–H and O–H groups in total. The number of rotatable bonds is 4. The van der Waals surface area contributed by atoms with Crippen LogP contribution in [0.2, 0.25) is 0 Å². The third-order valence-corrected chi connectivity index (χ3v) is 4.87. The molecule has 0 radical (unpaired) electrons. The van der Waals surface area contributed by atoms with E-state index in [0.29, 0.717) is 21.6 Å². The second kappa shape index (κ2) is 6.94. The van der Waals surface area contributed by atoms with Crippen molar-refractivity contribution in [3.05, 3.63) is 65.0 Å². The Morgan fingerprint density at radius 2 is 1.76 bits per heavy atom. The third-order valence-electron chi connectivity index (χ3n) is 2.94. The first-order valence-corrected chi connectivity index (χ1v) is 9.35. The molecule has 2 nitrogen and oxygen atoms in total. The summed E-state index contributed by atoms with van der Waals surface area (Å²) in [6, 6.07) is 10.6. The number of alkyl halides is 2. The number of hydrogen-bond donors (Lipinski definition) is 0. The quantitative estimate of drug-likeness (QED) is 0.522. The van der Waals surface area contributed by atoms with Crippen LogP contribution in [0, 0.1) is 5.82 Å². The van der Waals surface area contributed by atoms with Crippen LogP contribution >= 0.6 is 31.9 Å². The van der Waals surface area contributed by atoms with E-state index in [9.17, 15) is 13.4 Å². The van der Waals surface area contributed by atoms with E-state index in [2.05, 4.69) is 31.9 Å². The van der Waals surface area contributed by atoms with Crippen LogP contribution in [0.3, 0.4) is 0 Å². The largest absolute Gasteiger partial charge is 0.289 e. The average molecular weight is 434 g/mol. The molecule has 0 amide bonds. The van der Waals surface area contributed by atoms with Crippen LogP contribution in [-0.2, 0) is 10.8 Å². The van der Waals surface area contributed by atoms with E-state index in [0.717, 1.165) is 0 Å². The first kappa shape index (κ1) is 16.5. The molecule has 6 heteroatoms. The maximum absolute atomic E-state index is 13.4. The van der Waals surface area contributed by atoms with Gasteiger partial charge in [-0.2, -0.15) is 0 Å². The molecule has 110 valence electrons. The highest BCUT2D eigenvalue weighted by atomic mass is 79.9. The van der Waals surface area contributed by atoms with Gasteiger partial charge in [-0.25, -0.2) is 4.39 Å². The molecule has 0 fully saturated rings. The molecule has 0 bridgehead atoms. The Morgan fingerprint density at radius 3 is 2.29 bits per heavy atom. The molecule has 2 rings (SSSR count). The topological polar surface area (TPSA) is 34.1 Å². The van der Waals surface area contributed by atoms with Crippen LogP contribution in [0.5, 0.6) is 0 Å². The fraction of sp³-hybridized carbons (Fsp3) is 0.133. The number of halogens is 3. The summed E-state index contributed by atoms with van der Waals surface area (Å²) in [6.07, 6.45) is 1.57. The van der Waals surface area contributed by atoms with Gasteiger partial charge in [0.15, 0.2) is 5.78 Å². The van der Waals surface area contributed by atoms with Gasteiger partial charge in [0.2, 0.25) is 0 Å². The van der Waals surface area contributed by atoms with Crippen LogP contribution in [0.1, 0.15) is 25.2 Å². The second-order valence-electron chi connectivity index (χ2n) is 4.34. The molecule has 2 aromatic carbocycles. The Bertz CT molecular complexity index is 699. The molecular weight excluding hydrogens is 423 g/mol. The summed E-state index contributed by atoms with van der Waals surface area (Å²) in [5, 5.41) is 0. The van der Waals surface area contributed by atoms with Crippen molar-refractivity contribution < 1.29 is 13.4 Å². The van der Waals surface area contributed by atoms with Gasteiger partial charge < -0.3 is 0 Å². The Morgan fingerprint density at radius 1 is 1.14 bits per heavy atom. The SMILES string of the molecule is CS(=O)c1ccc(C(=O)c2cc(F)ccc2C(Br)Br)cc1. The van der Waals surface area contributed by atoms with Gasteiger partial charge in [-0.3, -0.25) is 9.00 Å². The highest BCUT2D eigenvalue weighted by molar-refractivity contribution is 9.24. The fourth-order valence-electron chi connectivity index (χ4n) is 1.87. The van der Waals surface area contributed by atoms with Crippen molar-refractivity contribution in [1.82, 2.24) is 0 Å². The summed E-state index contributed by atoms with van der Waals surface area (Å²) in [4.78, 5) is 13.2. The van der Waals surface area contributed by atoms with Crippen LogP contribution in [0.4, 0.5) is 4.39 Å². The third kappa shape index (κ3) is 3.87. The lowest BCUT2D eigenvalue weighted by atomic mass is 9.99. The van der Waals surface area contributed by atoms with E-state index < -0.39 is 16.6 Å². The molecule has 0 heterocycles. The van der Waals surface area contributed by atoms with Crippen molar-refractivity contribution in [3.8, 4) is 0 Å². The van der Waals surface area contributed by atoms with Crippen molar-refractivity contribution in [2.45, 2.75) is 8.63 Å². The zero-order chi connectivity index (χ0) is 15.6. The van der Waals surface area contributed by atoms with E-state index in [1.807, 2.05) is 0 Å². The minimum absolute atomic E-state index is 0.244. The molecule has 2 aromatic rings. The van der Waals surface area contributed by atoms with Crippen LogP contribution in [0.15, 0.2) is 47.4 Å². The van der Waals surface area contributed by atoms with Gasteiger partial charge in [0.25, 0.3) is 0 Å².